The van der Waals surface area contributed by atoms with Crippen molar-refractivity contribution in [3.05, 3.63) is 35.9 Å². The van der Waals surface area contributed by atoms with Crippen molar-refractivity contribution in [1.82, 2.24) is 0 Å². The molecule has 2 unspecified atom stereocenters. The summed E-state index contributed by atoms with van der Waals surface area (Å²) in [6.45, 7) is 1.56. The van der Waals surface area contributed by atoms with Crippen LogP contribution in [0.25, 0.3) is 0 Å². The van der Waals surface area contributed by atoms with Crippen molar-refractivity contribution in [2.75, 3.05) is 6.66 Å². The molecule has 0 radical (unpaired) electrons. The number of benzene rings is 1. The van der Waals surface area contributed by atoms with Crippen molar-refractivity contribution >= 4 is 14.0 Å². The Morgan fingerprint density at radius 2 is 1.86 bits per heavy atom. The molecule has 0 saturated carbocycles. The lowest BCUT2D eigenvalue weighted by atomic mass is 10.1. The highest BCUT2D eigenvalue weighted by atomic mass is 31.1. The van der Waals surface area contributed by atoms with Crippen molar-refractivity contribution in [3.63, 3.8) is 0 Å². The molecule has 0 saturated heterocycles. The summed E-state index contributed by atoms with van der Waals surface area (Å²) in [5.74, 6) is -1.20. The Hall–Kier alpha value is -1.24. The lowest BCUT2D eigenvalue weighted by molar-refractivity contribution is -0.0451. The van der Waals surface area contributed by atoms with Crippen LogP contribution in [0, 0.1) is 0 Å². The van der Waals surface area contributed by atoms with Gasteiger partial charge in [0.05, 0.1) is 12.3 Å². The molecule has 0 amide bonds. The molecule has 0 spiro atoms. The molecule has 22 heavy (non-hydrogen) atoms. The average molecular weight is 331 g/mol. The first kappa shape index (κ1) is 18.8. The topological polar surface area (TPSA) is 120 Å². The molecule has 0 fully saturated rings. The number of aliphatic hydroxyl groups excluding tert-OH is 4. The number of oxime groups is 1. The Kier molecular flexibility index (Phi) is 8.30. The molecule has 1 rings (SSSR count). The van der Waals surface area contributed by atoms with E-state index in [1.54, 1.807) is 0 Å². The van der Waals surface area contributed by atoms with E-state index in [4.69, 9.17) is 4.84 Å². The van der Waals surface area contributed by atoms with E-state index >= 15 is 0 Å². The highest BCUT2D eigenvalue weighted by molar-refractivity contribution is 7.44. The van der Waals surface area contributed by atoms with Gasteiger partial charge < -0.3 is 29.8 Å². The molecule has 7 nitrogen and oxygen atoms in total. The molecule has 4 N–H and O–H groups in total. The summed E-state index contributed by atoms with van der Waals surface area (Å²) in [4.78, 5) is 4.96. The van der Waals surface area contributed by atoms with Crippen molar-refractivity contribution in [1.29, 1.82) is 0 Å². The average Bonchev–Trinajstić information content (AvgIpc) is 2.51. The first-order valence-electron chi connectivity index (χ1n) is 6.84. The lowest BCUT2D eigenvalue weighted by Gasteiger charge is -2.21. The van der Waals surface area contributed by atoms with Crippen molar-refractivity contribution in [3.8, 4) is 0 Å². The summed E-state index contributed by atoms with van der Waals surface area (Å²) in [5.41, 5.74) is 0.894. The molecule has 0 aliphatic heterocycles. The summed E-state index contributed by atoms with van der Waals surface area (Å²) in [7, 11) is -2.22. The fourth-order valence-corrected chi connectivity index (χ4v) is 2.21. The smallest absolute Gasteiger partial charge is 0.142 e. The van der Waals surface area contributed by atoms with E-state index in [0.29, 0.717) is 0 Å². The second-order valence-electron chi connectivity index (χ2n) is 4.92. The van der Waals surface area contributed by atoms with Crippen LogP contribution in [-0.2, 0) is 16.0 Å². The Bertz CT molecular complexity index is 483. The van der Waals surface area contributed by atoms with Gasteiger partial charge >= 0.3 is 0 Å². The van der Waals surface area contributed by atoms with E-state index in [2.05, 4.69) is 5.16 Å². The molecule has 0 bridgehead atoms. The van der Waals surface area contributed by atoms with Gasteiger partial charge in [0.2, 0.25) is 0 Å². The first-order chi connectivity index (χ1) is 10.4. The van der Waals surface area contributed by atoms with Gasteiger partial charge in [-0.05, 0) is 12.2 Å². The molecule has 1 aromatic rings. The maximum absolute atomic E-state index is 11.1. The predicted molar refractivity (Wildman–Crippen MR) is 83.3 cm³/mol. The van der Waals surface area contributed by atoms with E-state index < -0.39 is 32.0 Å². The van der Waals surface area contributed by atoms with Crippen LogP contribution in [0.1, 0.15) is 12.0 Å². The number of aliphatic hydroxyl groups is 4. The zero-order valence-corrected chi connectivity index (χ0v) is 13.2. The number of nitrogens with zero attached hydrogens (tertiary/aromatic N) is 1. The summed E-state index contributed by atoms with van der Waals surface area (Å²) >= 11 is 0. The normalized spacial score (nSPS) is 18.6. The minimum absolute atomic E-state index is 0.208. The van der Waals surface area contributed by atoms with Crippen molar-refractivity contribution in [2.45, 2.75) is 37.2 Å². The summed E-state index contributed by atoms with van der Waals surface area (Å²) in [6.07, 6.45) is -3.76. The highest BCUT2D eigenvalue weighted by Gasteiger charge is 2.26. The second kappa shape index (κ2) is 9.71. The van der Waals surface area contributed by atoms with E-state index in [9.17, 15) is 25.0 Å². The lowest BCUT2D eigenvalue weighted by Crippen LogP contribution is -2.39. The maximum Gasteiger partial charge on any atom is 0.142 e. The van der Waals surface area contributed by atoms with Gasteiger partial charge in [-0.2, -0.15) is 0 Å². The standard InChI is InChI=1S/C14H22NO6P/c1-22(20)13(18)7-11(16)14(19)12(17)8-15-21-9-10-5-3-2-4-6-10/h2-6,8,11-14,16-19,22H,7,9H2,1H3/t11-,12+,13?,14-/m1/s1. The minimum Gasteiger partial charge on any atom is -0.391 e. The molecule has 0 heterocycles. The number of hydrogen-bond acceptors (Lipinski definition) is 7. The van der Waals surface area contributed by atoms with Crippen molar-refractivity contribution in [2.24, 2.45) is 5.16 Å². The van der Waals surface area contributed by atoms with Crippen LogP contribution in [0.15, 0.2) is 35.5 Å². The Balaban J connectivity index is 2.37. The molecule has 0 aliphatic rings. The third-order valence-corrected chi connectivity index (χ3v) is 4.21. The zero-order valence-electron chi connectivity index (χ0n) is 12.2. The third-order valence-electron chi connectivity index (χ3n) is 3.04. The predicted octanol–water partition coefficient (Wildman–Crippen LogP) is 0.170. The summed E-state index contributed by atoms with van der Waals surface area (Å²) < 4.78 is 11.1. The van der Waals surface area contributed by atoms with Gasteiger partial charge in [0.1, 0.15) is 32.5 Å². The largest absolute Gasteiger partial charge is 0.391 e. The Morgan fingerprint density at radius 1 is 1.23 bits per heavy atom. The van der Waals surface area contributed by atoms with E-state index in [0.717, 1.165) is 11.8 Å². The van der Waals surface area contributed by atoms with Gasteiger partial charge in [0.25, 0.3) is 0 Å². The van der Waals surface area contributed by atoms with E-state index in [-0.39, 0.29) is 13.0 Å². The van der Waals surface area contributed by atoms with Gasteiger partial charge in [0.15, 0.2) is 0 Å². The SMILES string of the molecule is C[PH](=O)C(O)C[C@@H](O)[C@@H](O)[C@@H](O)C=NOCc1ccccc1. The zero-order chi connectivity index (χ0) is 16.5. The van der Waals surface area contributed by atoms with Gasteiger partial charge in [-0.15, -0.1) is 0 Å². The van der Waals surface area contributed by atoms with E-state index in [1.165, 1.54) is 6.66 Å². The molecule has 0 aromatic heterocycles. The van der Waals surface area contributed by atoms with Gasteiger partial charge in [0, 0.05) is 6.42 Å². The van der Waals surface area contributed by atoms with Crippen LogP contribution in [0.2, 0.25) is 0 Å². The summed E-state index contributed by atoms with van der Waals surface area (Å²) in [5, 5.41) is 41.9. The van der Waals surface area contributed by atoms with Gasteiger partial charge in [-0.25, -0.2) is 0 Å². The third kappa shape index (κ3) is 6.68. The second-order valence-corrected chi connectivity index (χ2v) is 6.81. The molecule has 124 valence electrons. The summed E-state index contributed by atoms with van der Waals surface area (Å²) in [6, 6.07) is 9.26. The number of rotatable bonds is 9. The molecular formula is C14H22NO6P. The maximum atomic E-state index is 11.1. The van der Waals surface area contributed by atoms with Crippen LogP contribution >= 0.6 is 7.80 Å². The molecule has 8 heteroatoms. The highest BCUT2D eigenvalue weighted by Crippen LogP contribution is 2.25. The van der Waals surface area contributed by atoms with Crippen LogP contribution < -0.4 is 0 Å². The molecule has 1 aromatic carbocycles. The van der Waals surface area contributed by atoms with Crippen LogP contribution in [-0.4, -0.2) is 57.5 Å². The van der Waals surface area contributed by atoms with Gasteiger partial charge in [-0.1, -0.05) is 35.5 Å². The fourth-order valence-electron chi connectivity index (χ4n) is 1.64. The molecule has 0 aliphatic carbocycles. The van der Waals surface area contributed by atoms with Crippen molar-refractivity contribution < 1.29 is 29.8 Å². The van der Waals surface area contributed by atoms with Gasteiger partial charge in [-0.3, -0.25) is 0 Å². The van der Waals surface area contributed by atoms with Crippen LogP contribution in [0.4, 0.5) is 0 Å². The molecule has 5 atom stereocenters. The number of hydrogen-bond donors (Lipinski definition) is 4. The van der Waals surface area contributed by atoms with Crippen LogP contribution in [0.5, 0.6) is 0 Å². The quantitative estimate of drug-likeness (QED) is 0.291. The Morgan fingerprint density at radius 3 is 2.45 bits per heavy atom. The minimum atomic E-state index is -2.22. The monoisotopic (exact) mass is 331 g/mol. The van der Waals surface area contributed by atoms with E-state index in [1.807, 2.05) is 30.3 Å². The first-order valence-corrected chi connectivity index (χ1v) is 8.82. The Labute approximate surface area is 129 Å². The fraction of sp³-hybridized carbons (Fsp3) is 0.500. The van der Waals surface area contributed by atoms with Crippen LogP contribution in [0.3, 0.4) is 0 Å². The molecular weight excluding hydrogens is 309 g/mol.